The first-order chi connectivity index (χ1) is 25.2. The molecule has 2 aliphatic heterocycles. The van der Waals surface area contributed by atoms with Gasteiger partial charge in [0.1, 0.15) is 23.7 Å². The van der Waals surface area contributed by atoms with Gasteiger partial charge in [-0.05, 0) is 85.5 Å². The first-order valence-electron chi connectivity index (χ1n) is 18.1. The van der Waals surface area contributed by atoms with Crippen molar-refractivity contribution in [2.24, 2.45) is 11.8 Å². The highest BCUT2D eigenvalue weighted by Crippen LogP contribution is 2.39. The quantitative estimate of drug-likeness (QED) is 0.117. The fourth-order valence-electron chi connectivity index (χ4n) is 7.86. The molecule has 8 rings (SSSR count). The van der Waals surface area contributed by atoms with Gasteiger partial charge in [-0.3, -0.25) is 9.59 Å². The van der Waals surface area contributed by atoms with Crippen molar-refractivity contribution in [2.75, 3.05) is 13.1 Å². The maximum absolute atomic E-state index is 13.4. The third-order valence-electron chi connectivity index (χ3n) is 10.9. The highest BCUT2D eigenvalue weighted by molar-refractivity contribution is 5.87. The van der Waals surface area contributed by atoms with Gasteiger partial charge in [-0.1, -0.05) is 48.5 Å². The summed E-state index contributed by atoms with van der Waals surface area (Å²) in [4.78, 5) is 69.1. The first kappa shape index (κ1) is 33.5. The van der Waals surface area contributed by atoms with Crippen LogP contribution in [0, 0.1) is 11.8 Å². The van der Waals surface area contributed by atoms with Crippen molar-refractivity contribution in [2.45, 2.75) is 75.5 Å². The van der Waals surface area contributed by atoms with Gasteiger partial charge in [0.2, 0.25) is 11.8 Å². The maximum atomic E-state index is 13.4. The molecular weight excluding hydrogens is 664 g/mol. The van der Waals surface area contributed by atoms with Crippen molar-refractivity contribution < 1.29 is 29.4 Å². The van der Waals surface area contributed by atoms with Crippen LogP contribution < -0.4 is 10.6 Å². The lowest BCUT2D eigenvalue weighted by Crippen LogP contribution is -2.49. The van der Waals surface area contributed by atoms with Crippen LogP contribution in [0.2, 0.25) is 0 Å². The molecule has 4 fully saturated rings. The number of carboxylic acid groups (broad SMARTS) is 2. The summed E-state index contributed by atoms with van der Waals surface area (Å²) < 4.78 is 0. The molecule has 14 heteroatoms. The molecule has 0 bridgehead atoms. The number of aromatic nitrogens is 4. The molecule has 6 N–H and O–H groups in total. The van der Waals surface area contributed by atoms with Gasteiger partial charge in [-0.2, -0.15) is 0 Å². The predicted molar refractivity (Wildman–Crippen MR) is 190 cm³/mol. The highest BCUT2D eigenvalue weighted by Gasteiger charge is 2.44. The van der Waals surface area contributed by atoms with Crippen molar-refractivity contribution in [1.82, 2.24) is 40.4 Å². The highest BCUT2D eigenvalue weighted by atomic mass is 16.4. The number of likely N-dealkylation sites (tertiary alicyclic amines) is 2. The molecule has 52 heavy (non-hydrogen) atoms. The van der Waals surface area contributed by atoms with Gasteiger partial charge in [0.05, 0.1) is 35.9 Å². The number of carbonyl (C=O) groups excluding carboxylic acids is 2. The Hall–Kier alpha value is -5.66. The molecule has 4 aliphatic rings. The van der Waals surface area contributed by atoms with Crippen LogP contribution in [0.15, 0.2) is 60.9 Å². The zero-order valence-corrected chi connectivity index (χ0v) is 28.6. The van der Waals surface area contributed by atoms with E-state index in [0.717, 1.165) is 85.0 Å². The van der Waals surface area contributed by atoms with Crippen LogP contribution in [-0.2, 0) is 9.59 Å². The zero-order chi connectivity index (χ0) is 35.9. The molecule has 14 nitrogen and oxygen atoms in total. The molecule has 2 aromatic heterocycles. The number of aromatic amines is 2. The molecule has 4 amide bonds. The Bertz CT molecular complexity index is 1820. The molecular formula is C38H42N8O6. The topological polar surface area (TPSA) is 197 Å². The third kappa shape index (κ3) is 6.84. The van der Waals surface area contributed by atoms with Gasteiger partial charge >= 0.3 is 12.2 Å². The Kier molecular flexibility index (Phi) is 8.89. The number of imidazole rings is 2. The van der Waals surface area contributed by atoms with Crippen LogP contribution in [0.25, 0.3) is 33.6 Å². The molecule has 2 unspecified atom stereocenters. The Balaban J connectivity index is 0.917. The number of nitrogens with zero attached hydrogens (tertiary/aromatic N) is 4. The molecule has 2 saturated heterocycles. The summed E-state index contributed by atoms with van der Waals surface area (Å²) in [5.74, 6) is 1.20. The molecule has 4 aromatic rings. The average molecular weight is 707 g/mol. The first-order valence-corrected chi connectivity index (χ1v) is 18.1. The van der Waals surface area contributed by atoms with Gasteiger partial charge in [0, 0.05) is 13.1 Å². The molecule has 4 atom stereocenters. The fraction of sp³-hybridized carbons (Fsp3) is 0.421. The number of benzene rings is 2. The van der Waals surface area contributed by atoms with Crippen molar-refractivity contribution >= 4 is 24.0 Å². The Morgan fingerprint density at radius 1 is 0.596 bits per heavy atom. The molecule has 2 aromatic carbocycles. The van der Waals surface area contributed by atoms with E-state index in [1.54, 1.807) is 22.2 Å². The number of H-pyrrole nitrogens is 2. The summed E-state index contributed by atoms with van der Waals surface area (Å²) in [6, 6.07) is 14.5. The van der Waals surface area contributed by atoms with Crippen LogP contribution in [0.4, 0.5) is 9.59 Å². The van der Waals surface area contributed by atoms with E-state index in [1.165, 1.54) is 0 Å². The van der Waals surface area contributed by atoms with E-state index in [4.69, 9.17) is 0 Å². The lowest BCUT2D eigenvalue weighted by Gasteiger charge is -2.28. The van der Waals surface area contributed by atoms with Gasteiger partial charge in [-0.25, -0.2) is 19.6 Å². The minimum atomic E-state index is -1.17. The van der Waals surface area contributed by atoms with E-state index in [-0.39, 0.29) is 35.7 Å². The lowest BCUT2D eigenvalue weighted by molar-refractivity contribution is -0.135. The van der Waals surface area contributed by atoms with Crippen molar-refractivity contribution in [3.63, 3.8) is 0 Å². The van der Waals surface area contributed by atoms with Gasteiger partial charge in [0.25, 0.3) is 0 Å². The molecule has 2 saturated carbocycles. The lowest BCUT2D eigenvalue weighted by atomic mass is 10.0. The van der Waals surface area contributed by atoms with Crippen molar-refractivity contribution in [3.8, 4) is 33.6 Å². The number of amides is 4. The van der Waals surface area contributed by atoms with Gasteiger partial charge in [-0.15, -0.1) is 0 Å². The van der Waals surface area contributed by atoms with Crippen LogP contribution in [0.5, 0.6) is 0 Å². The predicted octanol–water partition coefficient (Wildman–Crippen LogP) is 5.55. The number of hydrogen-bond acceptors (Lipinski definition) is 6. The SMILES string of the molecule is O=C(O)NC(C(=O)N1CCCC1c1ncc(-c2ccc(-c3ccc(-c4cnc([C@@H]5CCCN5C(=O)[C@H](NC(=O)O)C5CC5)[nH]4)cc3)cc2)[nH]1)C1CC1. The summed E-state index contributed by atoms with van der Waals surface area (Å²) in [6.45, 7) is 1.15. The van der Waals surface area contributed by atoms with E-state index < -0.39 is 24.3 Å². The smallest absolute Gasteiger partial charge is 0.405 e. The van der Waals surface area contributed by atoms with Gasteiger partial charge < -0.3 is 40.6 Å². The molecule has 0 spiro atoms. The maximum Gasteiger partial charge on any atom is 0.405 e. The van der Waals surface area contributed by atoms with Crippen LogP contribution in [0.1, 0.15) is 75.1 Å². The minimum absolute atomic E-state index is 0.0632. The minimum Gasteiger partial charge on any atom is -0.465 e. The number of hydrogen-bond donors (Lipinski definition) is 6. The number of carbonyl (C=O) groups is 4. The van der Waals surface area contributed by atoms with Crippen LogP contribution in [-0.4, -0.2) is 89.1 Å². The summed E-state index contributed by atoms with van der Waals surface area (Å²) in [6.07, 6.45) is 7.84. The van der Waals surface area contributed by atoms with E-state index in [2.05, 4.69) is 54.8 Å². The molecule has 0 radical (unpaired) electrons. The standard InChI is InChI=1S/C38H42N8O6/c47-35(31(25-13-14-25)43-37(49)50)45-17-1-3-29(45)33-39-19-27(41-33)23-9-5-21(6-10-23)22-7-11-24(12-8-22)28-20-40-34(42-28)30-4-2-18-46(30)36(48)32(26-15-16-26)44-38(51)52/h5-12,19-20,25-26,29-32,43-44H,1-4,13-18H2,(H,39,41)(H,40,42)(H,49,50)(H,51,52)/t29-,30?,31+,32?/m0/s1. The number of nitrogens with one attached hydrogen (secondary N) is 4. The van der Waals surface area contributed by atoms with E-state index >= 15 is 0 Å². The van der Waals surface area contributed by atoms with E-state index in [0.29, 0.717) is 24.7 Å². The Morgan fingerprint density at radius 3 is 1.31 bits per heavy atom. The number of rotatable bonds is 11. The average Bonchev–Trinajstić information content (AvgIpc) is 3.87. The van der Waals surface area contributed by atoms with Gasteiger partial charge in [0.15, 0.2) is 0 Å². The van der Waals surface area contributed by atoms with Crippen LogP contribution >= 0.6 is 0 Å². The second kappa shape index (κ2) is 13.8. The Morgan fingerprint density at radius 2 is 0.962 bits per heavy atom. The summed E-state index contributed by atoms with van der Waals surface area (Å²) in [5, 5.41) is 23.5. The van der Waals surface area contributed by atoms with E-state index in [1.807, 2.05) is 24.3 Å². The monoisotopic (exact) mass is 706 g/mol. The largest absolute Gasteiger partial charge is 0.465 e. The zero-order valence-electron chi connectivity index (χ0n) is 28.6. The molecule has 4 heterocycles. The van der Waals surface area contributed by atoms with Crippen molar-refractivity contribution in [1.29, 1.82) is 0 Å². The second-order valence-corrected chi connectivity index (χ2v) is 14.4. The molecule has 270 valence electrons. The normalized spacial score (nSPS) is 21.2. The summed E-state index contributed by atoms with van der Waals surface area (Å²) in [7, 11) is 0. The van der Waals surface area contributed by atoms with Crippen molar-refractivity contribution in [3.05, 3.63) is 72.6 Å². The summed E-state index contributed by atoms with van der Waals surface area (Å²) >= 11 is 0. The van der Waals surface area contributed by atoms with E-state index in [9.17, 15) is 29.4 Å². The van der Waals surface area contributed by atoms with Crippen LogP contribution in [0.3, 0.4) is 0 Å². The summed E-state index contributed by atoms with van der Waals surface area (Å²) in [5.41, 5.74) is 5.71. The third-order valence-corrected chi connectivity index (χ3v) is 10.9. The molecule has 2 aliphatic carbocycles. The Labute approximate surface area is 300 Å². The second-order valence-electron chi connectivity index (χ2n) is 14.4. The fourth-order valence-corrected chi connectivity index (χ4v) is 7.86.